The average molecular weight is 397 g/mol. The molecule has 0 N–H and O–H groups in total. The molecule has 3 rings (SSSR count). The van der Waals surface area contributed by atoms with Crippen LogP contribution in [0.15, 0.2) is 42.5 Å². The molecule has 1 unspecified atom stereocenters. The van der Waals surface area contributed by atoms with Crippen LogP contribution >= 0.6 is 34.5 Å². The summed E-state index contributed by atoms with van der Waals surface area (Å²) in [4.78, 5) is 13.2. The summed E-state index contributed by atoms with van der Waals surface area (Å²) in [5, 5.41) is 2.27. The Kier molecular flexibility index (Phi) is 5.40. The van der Waals surface area contributed by atoms with Crippen molar-refractivity contribution in [2.45, 2.75) is 12.7 Å². The zero-order valence-electron chi connectivity index (χ0n) is 12.8. The zero-order chi connectivity index (χ0) is 17.3. The molecule has 0 radical (unpaired) electrons. The fourth-order valence-electron chi connectivity index (χ4n) is 2.49. The standard InChI is InChI=1S/C18H14Cl2O2S2/c1-11-15-8-14(20)6-7-17(15)23-18(11)16(21)10-24(22)9-12-2-4-13(19)5-3-12/h2-8H,9-10H2,1H3. The Morgan fingerprint density at radius 3 is 2.46 bits per heavy atom. The smallest absolute Gasteiger partial charge is 0.185 e. The number of ketones is 1. The Labute approximate surface area is 156 Å². The summed E-state index contributed by atoms with van der Waals surface area (Å²) in [7, 11) is -1.25. The largest absolute Gasteiger partial charge is 0.292 e. The normalized spacial score (nSPS) is 12.5. The van der Waals surface area contributed by atoms with Gasteiger partial charge in [-0.05, 0) is 53.8 Å². The minimum absolute atomic E-state index is 0.0179. The predicted molar refractivity (Wildman–Crippen MR) is 104 cm³/mol. The molecule has 0 saturated carbocycles. The average Bonchev–Trinajstić information content (AvgIpc) is 2.86. The van der Waals surface area contributed by atoms with Crippen molar-refractivity contribution in [3.05, 3.63) is 68.5 Å². The number of hydrogen-bond donors (Lipinski definition) is 0. The van der Waals surface area contributed by atoms with E-state index in [0.717, 1.165) is 21.2 Å². The maximum absolute atomic E-state index is 12.5. The second-order valence-corrected chi connectivity index (χ2v) is 8.86. The molecule has 24 heavy (non-hydrogen) atoms. The van der Waals surface area contributed by atoms with Crippen LogP contribution < -0.4 is 0 Å². The highest BCUT2D eigenvalue weighted by Crippen LogP contribution is 2.33. The van der Waals surface area contributed by atoms with Gasteiger partial charge in [-0.25, -0.2) is 0 Å². The van der Waals surface area contributed by atoms with E-state index >= 15 is 0 Å². The molecular formula is C18H14Cl2O2S2. The first-order valence-electron chi connectivity index (χ1n) is 7.25. The number of fused-ring (bicyclic) bond motifs is 1. The van der Waals surface area contributed by atoms with Gasteiger partial charge in [0.05, 0.1) is 10.6 Å². The SMILES string of the molecule is Cc1c(C(=O)CS(=O)Cc2ccc(Cl)cc2)sc2ccc(Cl)cc12. The van der Waals surface area contributed by atoms with Gasteiger partial charge in [0.15, 0.2) is 5.78 Å². The Bertz CT molecular complexity index is 930. The summed E-state index contributed by atoms with van der Waals surface area (Å²) in [6.45, 7) is 1.91. The van der Waals surface area contributed by atoms with Crippen LogP contribution in [-0.4, -0.2) is 15.7 Å². The van der Waals surface area contributed by atoms with E-state index in [1.165, 1.54) is 11.3 Å². The van der Waals surface area contributed by atoms with Gasteiger partial charge in [-0.15, -0.1) is 11.3 Å². The van der Waals surface area contributed by atoms with Crippen molar-refractivity contribution in [2.24, 2.45) is 0 Å². The highest BCUT2D eigenvalue weighted by Gasteiger charge is 2.18. The Morgan fingerprint density at radius 1 is 1.08 bits per heavy atom. The molecule has 1 aromatic heterocycles. The first-order valence-corrected chi connectivity index (χ1v) is 10.3. The van der Waals surface area contributed by atoms with Gasteiger partial charge in [0.1, 0.15) is 0 Å². The summed E-state index contributed by atoms with van der Waals surface area (Å²) < 4.78 is 13.3. The second kappa shape index (κ2) is 7.36. The molecule has 2 nitrogen and oxygen atoms in total. The molecule has 0 saturated heterocycles. The first kappa shape index (κ1) is 17.6. The molecule has 3 aromatic rings. The molecule has 0 bridgehead atoms. The van der Waals surface area contributed by atoms with E-state index in [1.807, 2.05) is 37.3 Å². The number of Topliss-reactive ketones (excluding diaryl/α,β-unsaturated/α-hetero) is 1. The fourth-order valence-corrected chi connectivity index (χ4v) is 5.11. The minimum Gasteiger partial charge on any atom is -0.292 e. The van der Waals surface area contributed by atoms with E-state index < -0.39 is 10.8 Å². The van der Waals surface area contributed by atoms with Crippen molar-refractivity contribution in [3.63, 3.8) is 0 Å². The number of carbonyl (C=O) groups excluding carboxylic acids is 1. The van der Waals surface area contributed by atoms with Crippen molar-refractivity contribution in [1.29, 1.82) is 0 Å². The summed E-state index contributed by atoms with van der Waals surface area (Å²) >= 11 is 13.3. The molecule has 0 aliphatic rings. The lowest BCUT2D eigenvalue weighted by molar-refractivity contribution is 0.102. The third-order valence-corrected chi connectivity index (χ3v) is 6.72. The van der Waals surface area contributed by atoms with Crippen LogP contribution in [0.4, 0.5) is 0 Å². The number of halogens is 2. The molecule has 124 valence electrons. The van der Waals surface area contributed by atoms with Gasteiger partial charge in [0.25, 0.3) is 0 Å². The molecule has 0 aliphatic heterocycles. The highest BCUT2D eigenvalue weighted by atomic mass is 35.5. The van der Waals surface area contributed by atoms with Crippen LogP contribution in [0, 0.1) is 6.92 Å². The van der Waals surface area contributed by atoms with E-state index in [0.29, 0.717) is 20.7 Å². The lowest BCUT2D eigenvalue weighted by atomic mass is 10.1. The number of carbonyl (C=O) groups is 1. The van der Waals surface area contributed by atoms with E-state index in [9.17, 15) is 9.00 Å². The van der Waals surface area contributed by atoms with Crippen LogP contribution in [0.5, 0.6) is 0 Å². The highest BCUT2D eigenvalue weighted by molar-refractivity contribution is 7.85. The third kappa shape index (κ3) is 3.89. The summed E-state index contributed by atoms with van der Waals surface area (Å²) in [5.41, 5.74) is 1.82. The zero-order valence-corrected chi connectivity index (χ0v) is 16.0. The predicted octanol–water partition coefficient (Wildman–Crippen LogP) is 5.65. The van der Waals surface area contributed by atoms with E-state index in [-0.39, 0.29) is 11.5 Å². The quantitative estimate of drug-likeness (QED) is 0.522. The topological polar surface area (TPSA) is 34.1 Å². The van der Waals surface area contributed by atoms with Gasteiger partial charge in [-0.2, -0.15) is 0 Å². The van der Waals surface area contributed by atoms with Crippen molar-refractivity contribution in [1.82, 2.24) is 0 Å². The molecule has 1 heterocycles. The van der Waals surface area contributed by atoms with Gasteiger partial charge in [-0.1, -0.05) is 35.3 Å². The van der Waals surface area contributed by atoms with Gasteiger partial charge in [-0.3, -0.25) is 9.00 Å². The first-order chi connectivity index (χ1) is 11.4. The van der Waals surface area contributed by atoms with Crippen molar-refractivity contribution < 1.29 is 9.00 Å². The fraction of sp³-hybridized carbons (Fsp3) is 0.167. The van der Waals surface area contributed by atoms with Gasteiger partial charge in [0.2, 0.25) is 0 Å². The number of aryl methyl sites for hydroxylation is 1. The molecule has 2 aromatic carbocycles. The number of hydrogen-bond acceptors (Lipinski definition) is 3. The number of thiophene rings is 1. The van der Waals surface area contributed by atoms with Crippen LogP contribution in [0.3, 0.4) is 0 Å². The van der Waals surface area contributed by atoms with Gasteiger partial charge < -0.3 is 0 Å². The monoisotopic (exact) mass is 396 g/mol. The Hall–Kier alpha value is -1.20. The van der Waals surface area contributed by atoms with E-state index in [1.54, 1.807) is 12.1 Å². The number of rotatable bonds is 5. The van der Waals surface area contributed by atoms with Crippen molar-refractivity contribution >= 4 is 61.2 Å². The van der Waals surface area contributed by atoms with E-state index in [4.69, 9.17) is 23.2 Å². The lowest BCUT2D eigenvalue weighted by Crippen LogP contribution is -2.12. The molecule has 0 spiro atoms. The van der Waals surface area contributed by atoms with Gasteiger partial charge in [0, 0.05) is 31.3 Å². The Balaban J connectivity index is 1.76. The van der Waals surface area contributed by atoms with Crippen molar-refractivity contribution in [3.8, 4) is 0 Å². The maximum Gasteiger partial charge on any atom is 0.185 e. The molecular weight excluding hydrogens is 383 g/mol. The number of benzene rings is 2. The van der Waals surface area contributed by atoms with Crippen molar-refractivity contribution in [2.75, 3.05) is 5.75 Å². The molecule has 0 aliphatic carbocycles. The third-order valence-electron chi connectivity index (χ3n) is 3.68. The van der Waals surface area contributed by atoms with Crippen LogP contribution in [0.25, 0.3) is 10.1 Å². The minimum atomic E-state index is -1.25. The molecule has 0 fully saturated rings. The summed E-state index contributed by atoms with van der Waals surface area (Å²) in [6, 6.07) is 12.8. The molecule has 0 amide bonds. The summed E-state index contributed by atoms with van der Waals surface area (Å²) in [5.74, 6) is 0.278. The van der Waals surface area contributed by atoms with Crippen LogP contribution in [-0.2, 0) is 16.6 Å². The van der Waals surface area contributed by atoms with Crippen LogP contribution in [0.1, 0.15) is 20.8 Å². The lowest BCUT2D eigenvalue weighted by Gasteiger charge is -2.03. The maximum atomic E-state index is 12.5. The summed E-state index contributed by atoms with van der Waals surface area (Å²) in [6.07, 6.45) is 0. The van der Waals surface area contributed by atoms with Crippen LogP contribution in [0.2, 0.25) is 10.0 Å². The van der Waals surface area contributed by atoms with E-state index in [2.05, 4.69) is 0 Å². The van der Waals surface area contributed by atoms with Gasteiger partial charge >= 0.3 is 0 Å². The molecule has 6 heteroatoms. The second-order valence-electron chi connectivity index (χ2n) is 5.47. The Morgan fingerprint density at radius 2 is 1.75 bits per heavy atom. The molecule has 1 atom stereocenters.